The van der Waals surface area contributed by atoms with Gasteiger partial charge in [-0.1, -0.05) is 29.2 Å². The number of hydrogen-bond acceptors (Lipinski definition) is 5. The molecule has 0 spiro atoms. The second kappa shape index (κ2) is 5.17. The molecule has 0 saturated heterocycles. The summed E-state index contributed by atoms with van der Waals surface area (Å²) in [6, 6.07) is 5.86. The Hall–Kier alpha value is -1.61. The number of aromatic carboxylic acids is 1. The molecule has 100 valence electrons. The van der Waals surface area contributed by atoms with Gasteiger partial charge in [0.05, 0.1) is 5.56 Å². The van der Waals surface area contributed by atoms with Crippen LogP contribution in [0.2, 0.25) is 0 Å². The highest BCUT2D eigenvalue weighted by atomic mass is 32.2. The van der Waals surface area contributed by atoms with Crippen molar-refractivity contribution in [2.24, 2.45) is 0 Å². The number of hydrogen-bond donors (Lipinski definition) is 1. The molecule has 0 aliphatic rings. The second-order valence-corrected chi connectivity index (χ2v) is 5.60. The van der Waals surface area contributed by atoms with Gasteiger partial charge in [-0.3, -0.25) is 0 Å². The molecule has 2 aromatic rings. The Balaban J connectivity index is 2.19. The predicted molar refractivity (Wildman–Crippen MR) is 62.4 cm³/mol. The maximum atomic E-state index is 12.3. The number of nitrogens with zero attached hydrogens (tertiary/aromatic N) is 2. The minimum Gasteiger partial charge on any atom is -0.478 e. The molecule has 19 heavy (non-hydrogen) atoms. The zero-order valence-corrected chi connectivity index (χ0v) is 10.6. The molecule has 1 aromatic carbocycles. The summed E-state index contributed by atoms with van der Waals surface area (Å²) in [6.45, 7) is 0. The molecule has 1 aromatic heterocycles. The number of alkyl halides is 3. The molecule has 0 aliphatic carbocycles. The number of rotatable bonds is 3. The van der Waals surface area contributed by atoms with Crippen molar-refractivity contribution in [2.75, 3.05) is 0 Å². The third-order valence-corrected chi connectivity index (χ3v) is 3.94. The Morgan fingerprint density at radius 3 is 2.63 bits per heavy atom. The van der Waals surface area contributed by atoms with Crippen molar-refractivity contribution in [1.29, 1.82) is 0 Å². The van der Waals surface area contributed by atoms with Crippen LogP contribution >= 0.6 is 23.1 Å². The van der Waals surface area contributed by atoms with Gasteiger partial charge >= 0.3 is 12.1 Å². The highest BCUT2D eigenvalue weighted by Crippen LogP contribution is 2.37. The smallest absolute Gasteiger partial charge is 0.445 e. The van der Waals surface area contributed by atoms with E-state index in [1.165, 1.54) is 18.2 Å². The van der Waals surface area contributed by atoms with E-state index in [0.717, 1.165) is 11.8 Å². The van der Waals surface area contributed by atoms with Crippen LogP contribution in [0, 0.1) is 0 Å². The van der Waals surface area contributed by atoms with E-state index >= 15 is 0 Å². The van der Waals surface area contributed by atoms with Crippen LogP contribution in [0.5, 0.6) is 0 Å². The van der Waals surface area contributed by atoms with Gasteiger partial charge in [0, 0.05) is 4.90 Å². The van der Waals surface area contributed by atoms with Crippen LogP contribution < -0.4 is 0 Å². The third-order valence-electron chi connectivity index (χ3n) is 1.94. The molecule has 2 rings (SSSR count). The Morgan fingerprint density at radius 2 is 2.05 bits per heavy atom. The number of carbonyl (C=O) groups is 1. The van der Waals surface area contributed by atoms with Gasteiger partial charge in [-0.2, -0.15) is 13.2 Å². The SMILES string of the molecule is O=C(O)c1cccc(Sc2nnc(C(F)(F)F)s2)c1. The zero-order chi connectivity index (χ0) is 14.0. The molecule has 1 N–H and O–H groups in total. The number of aromatic nitrogens is 2. The standard InChI is InChI=1S/C10H5F3N2O2S2/c11-10(12,13)8-14-15-9(19-8)18-6-3-1-2-5(4-6)7(16)17/h1-4H,(H,16,17). The molecule has 0 unspecified atom stereocenters. The lowest BCUT2D eigenvalue weighted by Crippen LogP contribution is -2.03. The van der Waals surface area contributed by atoms with Gasteiger partial charge in [0.2, 0.25) is 5.01 Å². The molecular weight excluding hydrogens is 301 g/mol. The summed E-state index contributed by atoms with van der Waals surface area (Å²) in [5, 5.41) is 14.2. The first-order valence-electron chi connectivity index (χ1n) is 4.78. The van der Waals surface area contributed by atoms with Gasteiger partial charge in [0.15, 0.2) is 4.34 Å². The first-order chi connectivity index (χ1) is 8.86. The summed E-state index contributed by atoms with van der Waals surface area (Å²) in [4.78, 5) is 11.2. The van der Waals surface area contributed by atoms with Crippen molar-refractivity contribution in [1.82, 2.24) is 10.2 Å². The van der Waals surface area contributed by atoms with E-state index in [0.29, 0.717) is 16.2 Å². The number of carboxylic acids is 1. The first-order valence-corrected chi connectivity index (χ1v) is 6.41. The maximum Gasteiger partial charge on any atom is 0.445 e. The molecule has 0 atom stereocenters. The average Bonchev–Trinajstić information content (AvgIpc) is 2.77. The molecule has 0 radical (unpaired) electrons. The van der Waals surface area contributed by atoms with Crippen molar-refractivity contribution in [3.63, 3.8) is 0 Å². The number of halogens is 3. The van der Waals surface area contributed by atoms with E-state index in [9.17, 15) is 18.0 Å². The van der Waals surface area contributed by atoms with Gasteiger partial charge in [-0.05, 0) is 18.2 Å². The van der Waals surface area contributed by atoms with Crippen molar-refractivity contribution < 1.29 is 23.1 Å². The molecule has 0 aliphatic heterocycles. The largest absolute Gasteiger partial charge is 0.478 e. The summed E-state index contributed by atoms with van der Waals surface area (Å²) in [7, 11) is 0. The van der Waals surface area contributed by atoms with Gasteiger partial charge in [0.1, 0.15) is 0 Å². The summed E-state index contributed by atoms with van der Waals surface area (Å²) >= 11 is 1.35. The van der Waals surface area contributed by atoms with Crippen molar-refractivity contribution in [3.8, 4) is 0 Å². The fraction of sp³-hybridized carbons (Fsp3) is 0.100. The Kier molecular flexibility index (Phi) is 3.76. The van der Waals surface area contributed by atoms with E-state index in [2.05, 4.69) is 10.2 Å². The average molecular weight is 306 g/mol. The molecule has 4 nitrogen and oxygen atoms in total. The van der Waals surface area contributed by atoms with E-state index in [-0.39, 0.29) is 9.90 Å². The molecule has 0 bridgehead atoms. The molecule has 0 amide bonds. The van der Waals surface area contributed by atoms with E-state index in [1.807, 2.05) is 0 Å². The molecular formula is C10H5F3N2O2S2. The Labute approximate surface area is 113 Å². The molecule has 1 heterocycles. The fourth-order valence-corrected chi connectivity index (χ4v) is 2.91. The first kappa shape index (κ1) is 13.8. The lowest BCUT2D eigenvalue weighted by Gasteiger charge is -1.99. The topological polar surface area (TPSA) is 63.1 Å². The maximum absolute atomic E-state index is 12.3. The van der Waals surface area contributed by atoms with Crippen LogP contribution in [0.4, 0.5) is 13.2 Å². The van der Waals surface area contributed by atoms with Crippen LogP contribution in [0.15, 0.2) is 33.5 Å². The summed E-state index contributed by atoms with van der Waals surface area (Å²) in [6.07, 6.45) is -4.51. The van der Waals surface area contributed by atoms with Crippen LogP contribution in [0.25, 0.3) is 0 Å². The van der Waals surface area contributed by atoms with Gasteiger partial charge in [0.25, 0.3) is 0 Å². The van der Waals surface area contributed by atoms with Gasteiger partial charge in [-0.25, -0.2) is 4.79 Å². The van der Waals surface area contributed by atoms with Crippen LogP contribution in [-0.4, -0.2) is 21.3 Å². The minimum atomic E-state index is -4.51. The summed E-state index contributed by atoms with van der Waals surface area (Å²) in [5.74, 6) is -1.10. The lowest BCUT2D eigenvalue weighted by atomic mass is 10.2. The zero-order valence-electron chi connectivity index (χ0n) is 9.01. The summed E-state index contributed by atoms with van der Waals surface area (Å²) in [5.41, 5.74) is 0.0607. The van der Waals surface area contributed by atoms with Gasteiger partial charge in [-0.15, -0.1) is 10.2 Å². The van der Waals surface area contributed by atoms with E-state index in [1.54, 1.807) is 6.07 Å². The minimum absolute atomic E-state index is 0.0607. The Bertz CT molecular complexity index is 613. The highest BCUT2D eigenvalue weighted by Gasteiger charge is 2.35. The van der Waals surface area contributed by atoms with Crippen LogP contribution in [0.1, 0.15) is 15.4 Å². The molecule has 9 heteroatoms. The monoisotopic (exact) mass is 306 g/mol. The Morgan fingerprint density at radius 1 is 1.32 bits per heavy atom. The second-order valence-electron chi connectivity index (χ2n) is 3.31. The summed E-state index contributed by atoms with van der Waals surface area (Å²) < 4.78 is 37.1. The van der Waals surface area contributed by atoms with Crippen molar-refractivity contribution >= 4 is 29.1 Å². The van der Waals surface area contributed by atoms with Crippen molar-refractivity contribution in [3.05, 3.63) is 34.8 Å². The third kappa shape index (κ3) is 3.44. The highest BCUT2D eigenvalue weighted by molar-refractivity contribution is 8.01. The quantitative estimate of drug-likeness (QED) is 0.941. The molecule has 0 fully saturated rings. The van der Waals surface area contributed by atoms with Gasteiger partial charge < -0.3 is 5.11 Å². The fourth-order valence-electron chi connectivity index (χ4n) is 1.16. The van der Waals surface area contributed by atoms with Crippen LogP contribution in [0.3, 0.4) is 0 Å². The predicted octanol–water partition coefficient (Wildman–Crippen LogP) is 3.41. The number of benzene rings is 1. The van der Waals surface area contributed by atoms with E-state index in [4.69, 9.17) is 5.11 Å². The van der Waals surface area contributed by atoms with Crippen molar-refractivity contribution in [2.45, 2.75) is 15.4 Å². The number of carboxylic acid groups (broad SMARTS) is 1. The van der Waals surface area contributed by atoms with Crippen LogP contribution in [-0.2, 0) is 6.18 Å². The normalized spacial score (nSPS) is 11.5. The molecule has 0 saturated carbocycles. The lowest BCUT2D eigenvalue weighted by molar-refractivity contribution is -0.138. The van der Waals surface area contributed by atoms with E-state index < -0.39 is 17.2 Å².